The molecule has 0 atom stereocenters. The first-order valence-corrected chi connectivity index (χ1v) is 11.4. The van der Waals surface area contributed by atoms with E-state index in [9.17, 15) is 9.36 Å². The zero-order chi connectivity index (χ0) is 22.1. The Morgan fingerprint density at radius 2 is 1.42 bits per heavy atom. The lowest BCUT2D eigenvalue weighted by Gasteiger charge is -2.27. The van der Waals surface area contributed by atoms with E-state index in [-0.39, 0.29) is 16.4 Å². The maximum absolute atomic E-state index is 15.6. The number of aromatic carboxylic acids is 1. The molecule has 1 aromatic heterocycles. The highest BCUT2D eigenvalue weighted by atomic mass is 32.1. The van der Waals surface area contributed by atoms with Crippen molar-refractivity contribution in [2.24, 2.45) is 0 Å². The van der Waals surface area contributed by atoms with Crippen molar-refractivity contribution in [2.75, 3.05) is 0 Å². The molecule has 1 heterocycles. The summed E-state index contributed by atoms with van der Waals surface area (Å²) in [5.74, 6) is -1.22. The molecular weight excluding hydrogens is 445 g/mol. The van der Waals surface area contributed by atoms with E-state index in [1.807, 2.05) is 0 Å². The molecule has 9 heteroatoms. The number of rotatable bonds is 7. The van der Waals surface area contributed by atoms with Crippen LogP contribution in [0.2, 0.25) is 0 Å². The number of hydrogen-bond acceptors (Lipinski definition) is 5. The van der Waals surface area contributed by atoms with Crippen molar-refractivity contribution in [2.45, 2.75) is 5.66 Å². The van der Waals surface area contributed by atoms with Gasteiger partial charge in [0.05, 0.1) is 0 Å². The van der Waals surface area contributed by atoms with E-state index in [1.54, 1.807) is 36.4 Å². The van der Waals surface area contributed by atoms with E-state index in [1.165, 1.54) is 36.4 Å². The summed E-state index contributed by atoms with van der Waals surface area (Å²) in [6, 6.07) is 20.0. The van der Waals surface area contributed by atoms with E-state index in [0.717, 1.165) is 23.5 Å². The van der Waals surface area contributed by atoms with Gasteiger partial charge in [0, 0.05) is 10.3 Å². The standard InChI is InChI=1S/C22H15F2O5PS/c23-22(24,16-11-12-19-15(13-16)14-20(31-19)21(25)26)30(27,28-17-7-3-1-4-8-17)29-18-9-5-2-6-10-18/h1-14H,(H,25,26). The van der Waals surface area contributed by atoms with Gasteiger partial charge in [0.2, 0.25) is 0 Å². The smallest absolute Gasteiger partial charge is 0.477 e. The molecule has 0 saturated carbocycles. The van der Waals surface area contributed by atoms with Gasteiger partial charge in [-0.05, 0) is 47.9 Å². The minimum Gasteiger partial charge on any atom is -0.477 e. The molecule has 0 aliphatic carbocycles. The molecule has 0 aliphatic rings. The zero-order valence-electron chi connectivity index (χ0n) is 15.8. The fraction of sp³-hybridized carbons (Fsp3) is 0.0455. The van der Waals surface area contributed by atoms with Gasteiger partial charge in [-0.2, -0.15) is 8.78 Å². The summed E-state index contributed by atoms with van der Waals surface area (Å²) in [6.07, 6.45) is 0. The van der Waals surface area contributed by atoms with Crippen molar-refractivity contribution in [3.63, 3.8) is 0 Å². The van der Waals surface area contributed by atoms with E-state index in [2.05, 4.69) is 0 Å². The van der Waals surface area contributed by atoms with E-state index in [4.69, 9.17) is 14.2 Å². The third-order valence-corrected chi connectivity index (χ3v) is 7.31. The number of para-hydroxylation sites is 2. The topological polar surface area (TPSA) is 72.8 Å². The fourth-order valence-electron chi connectivity index (χ4n) is 2.87. The van der Waals surface area contributed by atoms with Crippen LogP contribution in [0, 0.1) is 0 Å². The molecule has 0 saturated heterocycles. The fourth-order valence-corrected chi connectivity index (χ4v) is 5.27. The number of carboxylic acid groups (broad SMARTS) is 1. The van der Waals surface area contributed by atoms with E-state index >= 15 is 8.78 Å². The molecule has 0 amide bonds. The molecule has 5 nitrogen and oxygen atoms in total. The Bertz CT molecular complexity index is 1230. The monoisotopic (exact) mass is 460 g/mol. The Kier molecular flexibility index (Phi) is 5.52. The van der Waals surface area contributed by atoms with Gasteiger partial charge in [0.1, 0.15) is 16.4 Å². The Morgan fingerprint density at radius 3 is 1.94 bits per heavy atom. The number of hydrogen-bond donors (Lipinski definition) is 1. The van der Waals surface area contributed by atoms with Gasteiger partial charge in [-0.3, -0.25) is 0 Å². The van der Waals surface area contributed by atoms with Gasteiger partial charge in [0.25, 0.3) is 0 Å². The number of carbonyl (C=O) groups is 1. The first kappa shape index (κ1) is 21.0. The molecule has 158 valence electrons. The second-order valence-electron chi connectivity index (χ2n) is 6.52. The number of halogens is 2. The number of carboxylic acids is 1. The maximum atomic E-state index is 15.6. The minimum absolute atomic E-state index is 0.0136. The molecule has 0 fully saturated rings. The van der Waals surface area contributed by atoms with Gasteiger partial charge >= 0.3 is 19.2 Å². The predicted octanol–water partition coefficient (Wildman–Crippen LogP) is 7.00. The second kappa shape index (κ2) is 8.13. The first-order valence-electron chi connectivity index (χ1n) is 9.03. The van der Waals surface area contributed by atoms with Gasteiger partial charge in [-0.25, -0.2) is 9.36 Å². The summed E-state index contributed by atoms with van der Waals surface area (Å²) in [6.45, 7) is 0. The molecule has 0 radical (unpaired) electrons. The van der Waals surface area contributed by atoms with Crippen molar-refractivity contribution < 1.29 is 32.3 Å². The molecule has 31 heavy (non-hydrogen) atoms. The lowest BCUT2D eigenvalue weighted by atomic mass is 10.1. The molecule has 0 unspecified atom stereocenters. The summed E-state index contributed by atoms with van der Waals surface area (Å²) in [5, 5.41) is 9.45. The normalized spacial score (nSPS) is 11.9. The average molecular weight is 460 g/mol. The number of fused-ring (bicyclic) bond motifs is 1. The molecule has 4 aromatic rings. The lowest BCUT2D eigenvalue weighted by molar-refractivity contribution is 0.0611. The van der Waals surface area contributed by atoms with Crippen LogP contribution in [0.5, 0.6) is 11.5 Å². The van der Waals surface area contributed by atoms with E-state index < -0.39 is 24.8 Å². The summed E-state index contributed by atoms with van der Waals surface area (Å²) in [5.41, 5.74) is -4.64. The highest BCUT2D eigenvalue weighted by Gasteiger charge is 2.58. The van der Waals surface area contributed by atoms with Crippen molar-refractivity contribution in [1.82, 2.24) is 0 Å². The number of alkyl halides is 2. The predicted molar refractivity (Wildman–Crippen MR) is 114 cm³/mol. The maximum Gasteiger partial charge on any atom is 0.504 e. The summed E-state index contributed by atoms with van der Waals surface area (Å²) in [4.78, 5) is 11.2. The highest BCUT2D eigenvalue weighted by Crippen LogP contribution is 2.66. The van der Waals surface area contributed by atoms with Crippen LogP contribution in [0.4, 0.5) is 8.78 Å². The SMILES string of the molecule is O=C(O)c1cc2cc(C(F)(F)P(=O)(Oc3ccccc3)Oc3ccccc3)ccc2s1. The minimum atomic E-state index is -5.12. The molecule has 0 spiro atoms. The van der Waals surface area contributed by atoms with Crippen molar-refractivity contribution in [3.8, 4) is 11.5 Å². The molecule has 0 bridgehead atoms. The number of thiophene rings is 1. The second-order valence-corrected chi connectivity index (χ2v) is 9.52. The van der Waals surface area contributed by atoms with Crippen molar-refractivity contribution >= 4 is 35.0 Å². The first-order chi connectivity index (χ1) is 14.8. The Morgan fingerprint density at radius 1 is 0.871 bits per heavy atom. The Balaban J connectivity index is 1.79. The van der Waals surface area contributed by atoms with Gasteiger partial charge < -0.3 is 14.2 Å². The van der Waals surface area contributed by atoms with Gasteiger partial charge in [-0.15, -0.1) is 11.3 Å². The van der Waals surface area contributed by atoms with Crippen molar-refractivity contribution in [1.29, 1.82) is 0 Å². The van der Waals surface area contributed by atoms with Crippen LogP contribution in [0.25, 0.3) is 10.1 Å². The van der Waals surface area contributed by atoms with Crippen LogP contribution in [-0.2, 0) is 10.2 Å². The quantitative estimate of drug-likeness (QED) is 0.301. The lowest BCUT2D eigenvalue weighted by Crippen LogP contribution is -2.21. The molecule has 4 rings (SSSR count). The molecule has 0 aliphatic heterocycles. The van der Waals surface area contributed by atoms with Crippen LogP contribution in [0.1, 0.15) is 15.2 Å². The number of benzene rings is 3. The third kappa shape index (κ3) is 4.17. The van der Waals surface area contributed by atoms with Gasteiger partial charge in [-0.1, -0.05) is 42.5 Å². The summed E-state index contributed by atoms with van der Waals surface area (Å²) < 4.78 is 55.9. The zero-order valence-corrected chi connectivity index (χ0v) is 17.5. The third-order valence-electron chi connectivity index (χ3n) is 4.36. The average Bonchev–Trinajstić information content (AvgIpc) is 3.19. The summed E-state index contributed by atoms with van der Waals surface area (Å²) in [7, 11) is -5.12. The molecular formula is C22H15F2O5PS. The molecule has 3 aromatic carbocycles. The van der Waals surface area contributed by atoms with E-state index in [0.29, 0.717) is 10.1 Å². The summed E-state index contributed by atoms with van der Waals surface area (Å²) >= 11 is 0.961. The van der Waals surface area contributed by atoms with Gasteiger partial charge in [0.15, 0.2) is 0 Å². The van der Waals surface area contributed by atoms with Crippen LogP contribution >= 0.6 is 18.9 Å². The largest absolute Gasteiger partial charge is 0.504 e. The Hall–Kier alpha value is -3.22. The molecule has 1 N–H and O–H groups in total. The van der Waals surface area contributed by atoms with Crippen molar-refractivity contribution in [3.05, 3.63) is 95.4 Å². The Labute approximate surface area is 180 Å². The highest BCUT2D eigenvalue weighted by molar-refractivity contribution is 7.55. The van der Waals surface area contributed by atoms with Crippen LogP contribution < -0.4 is 9.05 Å². The van der Waals surface area contributed by atoms with Crippen LogP contribution in [0.15, 0.2) is 84.9 Å². The van der Waals surface area contributed by atoms with Crippen LogP contribution in [-0.4, -0.2) is 11.1 Å². The van der Waals surface area contributed by atoms with Crippen LogP contribution in [0.3, 0.4) is 0 Å².